The second-order valence-corrected chi connectivity index (χ2v) is 4.61. The topological polar surface area (TPSA) is 52.6 Å². The van der Waals surface area contributed by atoms with Crippen molar-refractivity contribution in [1.82, 2.24) is 4.90 Å². The highest BCUT2D eigenvalue weighted by molar-refractivity contribution is 6.36. The van der Waals surface area contributed by atoms with Gasteiger partial charge in [-0.15, -0.1) is 0 Å². The molecule has 0 atom stereocenters. The van der Waals surface area contributed by atoms with Crippen molar-refractivity contribution < 1.29 is 9.90 Å². The number of urea groups is 1. The lowest BCUT2D eigenvalue weighted by Crippen LogP contribution is -2.36. The van der Waals surface area contributed by atoms with Gasteiger partial charge in [0.05, 0.1) is 6.61 Å². The maximum Gasteiger partial charge on any atom is 0.321 e. The van der Waals surface area contributed by atoms with Crippen LogP contribution in [0.5, 0.6) is 0 Å². The van der Waals surface area contributed by atoms with E-state index >= 15 is 0 Å². The number of rotatable bonds is 4. The van der Waals surface area contributed by atoms with Crippen molar-refractivity contribution >= 4 is 34.9 Å². The first-order chi connectivity index (χ1) is 8.49. The van der Waals surface area contributed by atoms with E-state index in [1.807, 2.05) is 6.92 Å². The number of carbonyl (C=O) groups is 1. The van der Waals surface area contributed by atoms with Gasteiger partial charge in [0, 0.05) is 28.8 Å². The minimum absolute atomic E-state index is 0.0727. The van der Waals surface area contributed by atoms with Gasteiger partial charge in [-0.3, -0.25) is 0 Å². The van der Waals surface area contributed by atoms with Crippen LogP contribution in [-0.2, 0) is 0 Å². The highest BCUT2D eigenvalue weighted by Crippen LogP contribution is 2.28. The van der Waals surface area contributed by atoms with Gasteiger partial charge in [-0.05, 0) is 31.5 Å². The molecule has 100 valence electrons. The van der Waals surface area contributed by atoms with Crippen LogP contribution >= 0.6 is 23.2 Å². The predicted octanol–water partition coefficient (Wildman–Crippen LogP) is 3.15. The number of hydrogen-bond acceptors (Lipinski definition) is 2. The van der Waals surface area contributed by atoms with E-state index in [0.717, 1.165) is 5.56 Å². The van der Waals surface area contributed by atoms with Crippen molar-refractivity contribution in [3.05, 3.63) is 27.7 Å². The SMILES string of the molecule is CCN(CCO)C(=O)Nc1cc(Cl)c(C)c(Cl)c1. The highest BCUT2D eigenvalue weighted by Gasteiger charge is 2.12. The molecule has 6 heteroatoms. The van der Waals surface area contributed by atoms with Crippen molar-refractivity contribution in [3.8, 4) is 0 Å². The first-order valence-corrected chi connectivity index (χ1v) is 6.37. The zero-order valence-electron chi connectivity index (χ0n) is 10.3. The van der Waals surface area contributed by atoms with Crippen LogP contribution in [0.1, 0.15) is 12.5 Å². The molecule has 0 saturated heterocycles. The minimum atomic E-state index is -0.289. The van der Waals surface area contributed by atoms with Crippen LogP contribution in [0, 0.1) is 6.92 Å². The Morgan fingerprint density at radius 2 is 1.94 bits per heavy atom. The van der Waals surface area contributed by atoms with Gasteiger partial charge in [-0.2, -0.15) is 0 Å². The van der Waals surface area contributed by atoms with E-state index in [-0.39, 0.29) is 19.2 Å². The summed E-state index contributed by atoms with van der Waals surface area (Å²) >= 11 is 12.0. The number of likely N-dealkylation sites (N-methyl/N-ethyl adjacent to an activating group) is 1. The van der Waals surface area contributed by atoms with E-state index in [2.05, 4.69) is 5.32 Å². The molecule has 1 aromatic rings. The van der Waals surface area contributed by atoms with Crippen LogP contribution in [-0.4, -0.2) is 35.7 Å². The molecule has 0 aromatic heterocycles. The van der Waals surface area contributed by atoms with Gasteiger partial charge in [0.2, 0.25) is 0 Å². The van der Waals surface area contributed by atoms with Gasteiger partial charge in [-0.1, -0.05) is 23.2 Å². The summed E-state index contributed by atoms with van der Waals surface area (Å²) in [6, 6.07) is 3.00. The minimum Gasteiger partial charge on any atom is -0.395 e. The molecule has 0 aliphatic carbocycles. The fourth-order valence-electron chi connectivity index (χ4n) is 1.44. The van der Waals surface area contributed by atoms with Gasteiger partial charge < -0.3 is 15.3 Å². The van der Waals surface area contributed by atoms with Crippen LogP contribution in [0.15, 0.2) is 12.1 Å². The summed E-state index contributed by atoms with van der Waals surface area (Å²) in [7, 11) is 0. The van der Waals surface area contributed by atoms with E-state index in [0.29, 0.717) is 22.3 Å². The van der Waals surface area contributed by atoms with Crippen molar-refractivity contribution in [1.29, 1.82) is 0 Å². The van der Waals surface area contributed by atoms with Crippen molar-refractivity contribution in [2.45, 2.75) is 13.8 Å². The number of nitrogens with one attached hydrogen (secondary N) is 1. The van der Waals surface area contributed by atoms with E-state index in [9.17, 15) is 4.79 Å². The summed E-state index contributed by atoms with van der Waals surface area (Å²) in [6.45, 7) is 4.37. The number of carbonyl (C=O) groups excluding carboxylic acids is 1. The Labute approximate surface area is 116 Å². The lowest BCUT2D eigenvalue weighted by Gasteiger charge is -2.20. The third-order valence-corrected chi connectivity index (χ3v) is 3.36. The molecule has 0 aliphatic rings. The van der Waals surface area contributed by atoms with E-state index in [1.165, 1.54) is 4.90 Å². The normalized spacial score (nSPS) is 10.3. The molecule has 0 saturated carbocycles. The summed E-state index contributed by atoms with van der Waals surface area (Å²) in [5, 5.41) is 12.5. The predicted molar refractivity (Wildman–Crippen MR) is 74.6 cm³/mol. The molecule has 0 spiro atoms. The van der Waals surface area contributed by atoms with Crippen molar-refractivity contribution in [2.75, 3.05) is 25.0 Å². The molecule has 1 aromatic carbocycles. The molecule has 2 amide bonds. The summed E-state index contributed by atoms with van der Waals surface area (Å²) in [5.41, 5.74) is 1.32. The second-order valence-electron chi connectivity index (χ2n) is 3.80. The van der Waals surface area contributed by atoms with Crippen LogP contribution in [0.3, 0.4) is 0 Å². The lowest BCUT2D eigenvalue weighted by molar-refractivity contribution is 0.192. The fraction of sp³-hybridized carbons (Fsp3) is 0.417. The number of anilines is 1. The summed E-state index contributed by atoms with van der Waals surface area (Å²) in [5.74, 6) is 0. The van der Waals surface area contributed by atoms with Crippen molar-refractivity contribution in [3.63, 3.8) is 0 Å². The Kier molecular flexibility index (Phi) is 5.72. The molecule has 1 rings (SSSR count). The maximum atomic E-state index is 11.9. The largest absolute Gasteiger partial charge is 0.395 e. The Bertz CT molecular complexity index is 415. The highest BCUT2D eigenvalue weighted by atomic mass is 35.5. The fourth-order valence-corrected chi connectivity index (χ4v) is 1.93. The molecule has 0 bridgehead atoms. The number of halogens is 2. The Balaban J connectivity index is 2.81. The quantitative estimate of drug-likeness (QED) is 0.895. The van der Waals surface area contributed by atoms with E-state index in [1.54, 1.807) is 19.1 Å². The first kappa shape index (κ1) is 15.1. The summed E-state index contributed by atoms with van der Waals surface area (Å²) < 4.78 is 0. The van der Waals surface area contributed by atoms with E-state index in [4.69, 9.17) is 28.3 Å². The zero-order chi connectivity index (χ0) is 13.7. The Morgan fingerprint density at radius 1 is 1.39 bits per heavy atom. The third kappa shape index (κ3) is 3.77. The average molecular weight is 291 g/mol. The molecule has 18 heavy (non-hydrogen) atoms. The first-order valence-electron chi connectivity index (χ1n) is 5.62. The monoisotopic (exact) mass is 290 g/mol. The number of aliphatic hydroxyl groups excluding tert-OH is 1. The van der Waals surface area contributed by atoms with Gasteiger partial charge in [0.15, 0.2) is 0 Å². The van der Waals surface area contributed by atoms with Crippen LogP contribution in [0.2, 0.25) is 10.0 Å². The average Bonchev–Trinajstić information content (AvgIpc) is 2.32. The molecule has 0 aliphatic heterocycles. The van der Waals surface area contributed by atoms with Crippen LogP contribution in [0.25, 0.3) is 0 Å². The maximum absolute atomic E-state index is 11.9. The molecule has 2 N–H and O–H groups in total. The van der Waals surface area contributed by atoms with Gasteiger partial charge in [0.25, 0.3) is 0 Å². The lowest BCUT2D eigenvalue weighted by atomic mass is 10.2. The molecular weight excluding hydrogens is 275 g/mol. The number of aliphatic hydroxyl groups is 1. The molecule has 0 fully saturated rings. The molecular formula is C12H16Cl2N2O2. The number of amides is 2. The number of hydrogen-bond donors (Lipinski definition) is 2. The summed E-state index contributed by atoms with van der Waals surface area (Å²) in [6.07, 6.45) is 0. The Morgan fingerprint density at radius 3 is 2.39 bits per heavy atom. The smallest absolute Gasteiger partial charge is 0.321 e. The second kappa shape index (κ2) is 6.83. The number of benzene rings is 1. The molecule has 0 heterocycles. The standard InChI is InChI=1S/C12H16Cl2N2O2/c1-3-16(4-5-17)12(18)15-9-6-10(13)8(2)11(14)7-9/h6-7,17H,3-5H2,1-2H3,(H,15,18). The van der Waals surface area contributed by atoms with E-state index < -0.39 is 0 Å². The van der Waals surface area contributed by atoms with Gasteiger partial charge in [-0.25, -0.2) is 4.79 Å². The Hall–Kier alpha value is -0.970. The van der Waals surface area contributed by atoms with Crippen LogP contribution < -0.4 is 5.32 Å². The van der Waals surface area contributed by atoms with Gasteiger partial charge in [0.1, 0.15) is 0 Å². The van der Waals surface area contributed by atoms with Crippen molar-refractivity contribution in [2.24, 2.45) is 0 Å². The molecule has 4 nitrogen and oxygen atoms in total. The third-order valence-electron chi connectivity index (χ3n) is 2.57. The van der Waals surface area contributed by atoms with Gasteiger partial charge >= 0.3 is 6.03 Å². The molecule has 0 unspecified atom stereocenters. The zero-order valence-corrected chi connectivity index (χ0v) is 11.8. The number of nitrogens with zero attached hydrogens (tertiary/aromatic N) is 1. The van der Waals surface area contributed by atoms with Crippen LogP contribution in [0.4, 0.5) is 10.5 Å². The summed E-state index contributed by atoms with van der Waals surface area (Å²) in [4.78, 5) is 13.3. The molecule has 0 radical (unpaired) electrons.